The Morgan fingerprint density at radius 1 is 1.40 bits per heavy atom. The van der Waals surface area contributed by atoms with Gasteiger partial charge in [0.05, 0.1) is 5.56 Å². The van der Waals surface area contributed by atoms with Crippen molar-refractivity contribution in [2.24, 2.45) is 7.05 Å². The number of carboxylic acids is 1. The van der Waals surface area contributed by atoms with Crippen LogP contribution in [0.3, 0.4) is 0 Å². The van der Waals surface area contributed by atoms with E-state index in [1.165, 1.54) is 10.6 Å². The van der Waals surface area contributed by atoms with Crippen LogP contribution in [0, 0.1) is 13.8 Å². The lowest BCUT2D eigenvalue weighted by atomic mass is 10.1. The quantitative estimate of drug-likeness (QED) is 0.880. The number of aromatic carboxylic acids is 1. The molecule has 2 aromatic heterocycles. The molecule has 7 nitrogen and oxygen atoms in total. The summed E-state index contributed by atoms with van der Waals surface area (Å²) < 4.78 is 3.23. The van der Waals surface area contributed by atoms with Crippen molar-refractivity contribution in [3.05, 3.63) is 45.4 Å². The smallest absolute Gasteiger partial charge is 0.337 e. The maximum atomic E-state index is 12.0. The van der Waals surface area contributed by atoms with Crippen LogP contribution in [0.25, 0.3) is 0 Å². The molecule has 0 fully saturated rings. The molecular formula is C13H16N4O3. The fourth-order valence-electron chi connectivity index (χ4n) is 2.27. The van der Waals surface area contributed by atoms with Crippen molar-refractivity contribution in [1.82, 2.24) is 19.3 Å². The molecule has 2 aromatic rings. The second-order valence-corrected chi connectivity index (χ2v) is 4.69. The van der Waals surface area contributed by atoms with Gasteiger partial charge in [-0.2, -0.15) is 0 Å². The van der Waals surface area contributed by atoms with Crippen LogP contribution >= 0.6 is 0 Å². The van der Waals surface area contributed by atoms with Gasteiger partial charge in [-0.05, 0) is 19.4 Å². The third-order valence-electron chi connectivity index (χ3n) is 3.35. The number of carbonyl (C=O) groups is 1. The number of nitrogens with zero attached hydrogens (tertiary/aromatic N) is 4. The average molecular weight is 276 g/mol. The molecule has 0 aliphatic heterocycles. The monoisotopic (exact) mass is 276 g/mol. The SMILES string of the molecule is Cc1cc(=O)n(CCc2nncn2C)c(C)c1C(=O)O. The summed E-state index contributed by atoms with van der Waals surface area (Å²) in [5.74, 6) is -0.277. The number of hydrogen-bond donors (Lipinski definition) is 1. The summed E-state index contributed by atoms with van der Waals surface area (Å²) in [7, 11) is 1.82. The minimum absolute atomic E-state index is 0.183. The highest BCUT2D eigenvalue weighted by Crippen LogP contribution is 2.11. The predicted octanol–water partition coefficient (Wildman–Crippen LogP) is 0.535. The summed E-state index contributed by atoms with van der Waals surface area (Å²) >= 11 is 0. The Hall–Kier alpha value is -2.44. The topological polar surface area (TPSA) is 90.0 Å². The van der Waals surface area contributed by atoms with Crippen molar-refractivity contribution in [3.63, 3.8) is 0 Å². The summed E-state index contributed by atoms with van der Waals surface area (Å²) in [6.45, 7) is 3.65. The zero-order valence-corrected chi connectivity index (χ0v) is 11.6. The molecule has 0 spiro atoms. The maximum absolute atomic E-state index is 12.0. The van der Waals surface area contributed by atoms with E-state index in [0.29, 0.717) is 24.2 Å². The molecule has 106 valence electrons. The van der Waals surface area contributed by atoms with E-state index in [1.807, 2.05) is 7.05 Å². The van der Waals surface area contributed by atoms with Gasteiger partial charge in [-0.3, -0.25) is 4.79 Å². The second-order valence-electron chi connectivity index (χ2n) is 4.69. The highest BCUT2D eigenvalue weighted by molar-refractivity contribution is 5.90. The zero-order chi connectivity index (χ0) is 14.9. The average Bonchev–Trinajstić information content (AvgIpc) is 2.73. The van der Waals surface area contributed by atoms with Crippen molar-refractivity contribution >= 4 is 5.97 Å². The van der Waals surface area contributed by atoms with E-state index in [1.54, 1.807) is 24.7 Å². The number of pyridine rings is 1. The maximum Gasteiger partial charge on any atom is 0.337 e. The van der Waals surface area contributed by atoms with Gasteiger partial charge in [-0.1, -0.05) is 0 Å². The van der Waals surface area contributed by atoms with Crippen molar-refractivity contribution in [2.45, 2.75) is 26.8 Å². The van der Waals surface area contributed by atoms with Gasteiger partial charge in [0.25, 0.3) is 5.56 Å². The van der Waals surface area contributed by atoms with E-state index in [-0.39, 0.29) is 11.1 Å². The Labute approximate surface area is 115 Å². The standard InChI is InChI=1S/C13H16N4O3/c1-8-6-11(18)17(9(2)12(8)13(19)20)5-4-10-15-14-7-16(10)3/h6-7H,4-5H2,1-3H3,(H,19,20). The molecule has 0 amide bonds. The van der Waals surface area contributed by atoms with Gasteiger partial charge in [-0.25, -0.2) is 4.79 Å². The number of rotatable bonds is 4. The first-order valence-electron chi connectivity index (χ1n) is 6.19. The predicted molar refractivity (Wildman–Crippen MR) is 71.8 cm³/mol. The lowest BCUT2D eigenvalue weighted by Crippen LogP contribution is -2.26. The number of aryl methyl sites for hydroxylation is 3. The van der Waals surface area contributed by atoms with Gasteiger partial charge < -0.3 is 14.2 Å². The van der Waals surface area contributed by atoms with Crippen molar-refractivity contribution < 1.29 is 9.90 Å². The molecule has 0 aromatic carbocycles. The van der Waals surface area contributed by atoms with Gasteiger partial charge in [0, 0.05) is 31.8 Å². The number of aromatic nitrogens is 4. The Balaban J connectivity index is 2.37. The Bertz CT molecular complexity index is 715. The molecule has 0 atom stereocenters. The first-order chi connectivity index (χ1) is 9.41. The molecule has 0 unspecified atom stereocenters. The molecule has 0 saturated carbocycles. The van der Waals surface area contributed by atoms with E-state index in [0.717, 1.165) is 5.82 Å². The van der Waals surface area contributed by atoms with Crippen LogP contribution in [0.15, 0.2) is 17.2 Å². The molecule has 7 heteroatoms. The third-order valence-corrected chi connectivity index (χ3v) is 3.35. The summed E-state index contributed by atoms with van der Waals surface area (Å²) in [5, 5.41) is 16.9. The van der Waals surface area contributed by atoms with Gasteiger partial charge in [0.1, 0.15) is 12.2 Å². The molecule has 0 bridgehead atoms. The van der Waals surface area contributed by atoms with Crippen LogP contribution in [0.4, 0.5) is 0 Å². The van der Waals surface area contributed by atoms with E-state index >= 15 is 0 Å². The highest BCUT2D eigenvalue weighted by Gasteiger charge is 2.16. The minimum atomic E-state index is -1.02. The van der Waals surface area contributed by atoms with Crippen LogP contribution < -0.4 is 5.56 Å². The van der Waals surface area contributed by atoms with E-state index in [2.05, 4.69) is 10.2 Å². The summed E-state index contributed by atoms with van der Waals surface area (Å²) in [5.41, 5.74) is 0.925. The highest BCUT2D eigenvalue weighted by atomic mass is 16.4. The Morgan fingerprint density at radius 2 is 2.10 bits per heavy atom. The van der Waals surface area contributed by atoms with E-state index in [4.69, 9.17) is 0 Å². The Morgan fingerprint density at radius 3 is 2.65 bits per heavy atom. The molecule has 0 radical (unpaired) electrons. The molecule has 1 N–H and O–H groups in total. The summed E-state index contributed by atoms with van der Waals surface area (Å²) in [4.78, 5) is 23.3. The van der Waals surface area contributed by atoms with Crippen molar-refractivity contribution in [2.75, 3.05) is 0 Å². The third kappa shape index (κ3) is 2.47. The van der Waals surface area contributed by atoms with Gasteiger partial charge in [-0.15, -0.1) is 10.2 Å². The summed E-state index contributed by atoms with van der Waals surface area (Å²) in [6, 6.07) is 1.35. The fourth-order valence-corrected chi connectivity index (χ4v) is 2.27. The van der Waals surface area contributed by atoms with Gasteiger partial charge in [0.15, 0.2) is 0 Å². The normalized spacial score (nSPS) is 10.8. The van der Waals surface area contributed by atoms with Crippen LogP contribution in [-0.4, -0.2) is 30.4 Å². The van der Waals surface area contributed by atoms with Crippen molar-refractivity contribution in [1.29, 1.82) is 0 Å². The van der Waals surface area contributed by atoms with Crippen LogP contribution in [0.2, 0.25) is 0 Å². The molecule has 0 saturated heterocycles. The first kappa shape index (κ1) is 14.0. The van der Waals surface area contributed by atoms with E-state index < -0.39 is 5.97 Å². The van der Waals surface area contributed by atoms with Crippen LogP contribution in [0.1, 0.15) is 27.4 Å². The largest absolute Gasteiger partial charge is 0.478 e. The fraction of sp³-hybridized carbons (Fsp3) is 0.385. The van der Waals surface area contributed by atoms with Gasteiger partial charge >= 0.3 is 5.97 Å². The second kappa shape index (κ2) is 5.28. The minimum Gasteiger partial charge on any atom is -0.478 e. The molecule has 2 heterocycles. The van der Waals surface area contributed by atoms with E-state index in [9.17, 15) is 14.7 Å². The van der Waals surface area contributed by atoms with Crippen molar-refractivity contribution in [3.8, 4) is 0 Å². The number of carboxylic acid groups (broad SMARTS) is 1. The molecule has 0 aliphatic rings. The van der Waals surface area contributed by atoms with Gasteiger partial charge in [0.2, 0.25) is 0 Å². The number of hydrogen-bond acceptors (Lipinski definition) is 4. The molecule has 2 rings (SSSR count). The van der Waals surface area contributed by atoms with Crippen LogP contribution in [-0.2, 0) is 20.0 Å². The Kier molecular flexibility index (Phi) is 3.69. The molecule has 20 heavy (non-hydrogen) atoms. The molecular weight excluding hydrogens is 260 g/mol. The zero-order valence-electron chi connectivity index (χ0n) is 11.6. The first-order valence-corrected chi connectivity index (χ1v) is 6.19. The molecule has 0 aliphatic carbocycles. The lowest BCUT2D eigenvalue weighted by Gasteiger charge is -2.13. The lowest BCUT2D eigenvalue weighted by molar-refractivity contribution is 0.0694. The van der Waals surface area contributed by atoms with Crippen LogP contribution in [0.5, 0.6) is 0 Å². The summed E-state index contributed by atoms with van der Waals surface area (Å²) in [6.07, 6.45) is 2.10.